The van der Waals surface area contributed by atoms with E-state index in [1.165, 1.54) is 7.05 Å². The average molecular weight is 265 g/mol. The van der Waals surface area contributed by atoms with Crippen LogP contribution in [0.25, 0.3) is 0 Å². The number of sulfone groups is 1. The van der Waals surface area contributed by atoms with Gasteiger partial charge in [-0.1, -0.05) is 0 Å². The van der Waals surface area contributed by atoms with Crippen LogP contribution in [0.5, 0.6) is 0 Å². The Kier molecular flexibility index (Phi) is 6.74. The van der Waals surface area contributed by atoms with Crippen LogP contribution in [0, 0.1) is 0 Å². The van der Waals surface area contributed by atoms with E-state index in [1.54, 1.807) is 0 Å². The molecule has 4 N–H and O–H groups in total. The average Bonchev–Trinajstić information content (AvgIpc) is 2.24. The zero-order chi connectivity index (χ0) is 13.5. The smallest absolute Gasteiger partial charge is 0.236 e. The van der Waals surface area contributed by atoms with E-state index in [2.05, 4.69) is 10.6 Å². The molecule has 0 fully saturated rings. The minimum atomic E-state index is -3.11. The Morgan fingerprint density at radius 3 is 2.41 bits per heavy atom. The van der Waals surface area contributed by atoms with Crippen LogP contribution in [-0.4, -0.2) is 51.9 Å². The third-order valence-electron chi connectivity index (χ3n) is 2.07. The quantitative estimate of drug-likeness (QED) is 0.492. The highest BCUT2D eigenvalue weighted by Crippen LogP contribution is 1.94. The molecule has 8 heteroatoms. The molecule has 0 heterocycles. The third kappa shape index (κ3) is 8.64. The summed E-state index contributed by atoms with van der Waals surface area (Å²) < 4.78 is 21.7. The molecule has 0 bridgehead atoms. The SMILES string of the molecule is CNC(=O)CCNC(=O)C(N)CCS(C)(=O)=O. The molecule has 100 valence electrons. The van der Waals surface area contributed by atoms with Crippen LogP contribution in [-0.2, 0) is 19.4 Å². The molecule has 7 nitrogen and oxygen atoms in total. The maximum atomic E-state index is 11.4. The lowest BCUT2D eigenvalue weighted by molar-refractivity contribution is -0.123. The maximum Gasteiger partial charge on any atom is 0.236 e. The van der Waals surface area contributed by atoms with Crippen LogP contribution < -0.4 is 16.4 Å². The fourth-order valence-electron chi connectivity index (χ4n) is 1.03. The topological polar surface area (TPSA) is 118 Å². The molecule has 1 atom stereocenters. The van der Waals surface area contributed by atoms with Crippen molar-refractivity contribution in [2.45, 2.75) is 18.9 Å². The summed E-state index contributed by atoms with van der Waals surface area (Å²) in [5.41, 5.74) is 5.50. The Hall–Kier alpha value is -1.15. The summed E-state index contributed by atoms with van der Waals surface area (Å²) in [6.45, 7) is 0.186. The molecule has 2 amide bonds. The van der Waals surface area contributed by atoms with Crippen LogP contribution in [0.15, 0.2) is 0 Å². The van der Waals surface area contributed by atoms with Gasteiger partial charge in [0.2, 0.25) is 11.8 Å². The molecule has 0 saturated heterocycles. The van der Waals surface area contributed by atoms with Crippen molar-refractivity contribution >= 4 is 21.7 Å². The van der Waals surface area contributed by atoms with E-state index in [-0.39, 0.29) is 31.0 Å². The van der Waals surface area contributed by atoms with E-state index in [4.69, 9.17) is 5.73 Å². The van der Waals surface area contributed by atoms with Gasteiger partial charge in [-0.15, -0.1) is 0 Å². The maximum absolute atomic E-state index is 11.4. The highest BCUT2D eigenvalue weighted by atomic mass is 32.2. The van der Waals surface area contributed by atoms with Gasteiger partial charge in [0.05, 0.1) is 11.8 Å². The van der Waals surface area contributed by atoms with Crippen molar-refractivity contribution in [3.05, 3.63) is 0 Å². The van der Waals surface area contributed by atoms with E-state index >= 15 is 0 Å². The molecular formula is C9H19N3O4S. The van der Waals surface area contributed by atoms with Crippen LogP contribution in [0.3, 0.4) is 0 Å². The van der Waals surface area contributed by atoms with Crippen LogP contribution >= 0.6 is 0 Å². The van der Waals surface area contributed by atoms with Crippen LogP contribution in [0.1, 0.15) is 12.8 Å². The first-order chi connectivity index (χ1) is 7.76. The highest BCUT2D eigenvalue weighted by Gasteiger charge is 2.15. The molecule has 1 unspecified atom stereocenters. The monoisotopic (exact) mass is 265 g/mol. The highest BCUT2D eigenvalue weighted by molar-refractivity contribution is 7.90. The standard InChI is InChI=1S/C9H19N3O4S/c1-11-8(13)3-5-12-9(14)7(10)4-6-17(2,15)16/h7H,3-6,10H2,1-2H3,(H,11,13)(H,12,14). The summed E-state index contributed by atoms with van der Waals surface area (Å²) in [7, 11) is -1.61. The predicted octanol–water partition coefficient (Wildman–Crippen LogP) is -2.00. The van der Waals surface area contributed by atoms with Gasteiger partial charge in [0.25, 0.3) is 0 Å². The molecule has 0 saturated carbocycles. The summed E-state index contributed by atoms with van der Waals surface area (Å²) in [4.78, 5) is 22.2. The largest absolute Gasteiger partial charge is 0.359 e. The molecule has 0 aromatic carbocycles. The van der Waals surface area contributed by atoms with Crippen molar-refractivity contribution in [2.24, 2.45) is 5.73 Å². The number of hydrogen-bond donors (Lipinski definition) is 3. The van der Waals surface area contributed by atoms with Crippen molar-refractivity contribution in [3.8, 4) is 0 Å². The Labute approximate surface area is 101 Å². The van der Waals surface area contributed by atoms with Gasteiger partial charge in [-0.25, -0.2) is 8.42 Å². The second-order valence-electron chi connectivity index (χ2n) is 3.74. The second kappa shape index (κ2) is 7.23. The van der Waals surface area contributed by atoms with Gasteiger partial charge in [-0.2, -0.15) is 0 Å². The molecule has 0 aliphatic carbocycles. The normalized spacial score (nSPS) is 12.9. The van der Waals surface area contributed by atoms with Crippen LogP contribution in [0.4, 0.5) is 0 Å². The first-order valence-corrected chi connectivity index (χ1v) is 7.24. The zero-order valence-corrected chi connectivity index (χ0v) is 10.8. The van der Waals surface area contributed by atoms with Crippen molar-refractivity contribution in [2.75, 3.05) is 25.6 Å². The molecule has 0 spiro atoms. The lowest BCUT2D eigenvalue weighted by atomic mass is 10.2. The van der Waals surface area contributed by atoms with E-state index in [1.807, 2.05) is 0 Å². The number of rotatable bonds is 7. The summed E-state index contributed by atoms with van der Waals surface area (Å²) in [5, 5.41) is 4.88. The fourth-order valence-corrected chi connectivity index (χ4v) is 1.71. The van der Waals surface area contributed by atoms with Gasteiger partial charge in [-0.3, -0.25) is 9.59 Å². The molecule has 0 aromatic heterocycles. The Balaban J connectivity index is 3.86. The summed E-state index contributed by atoms with van der Waals surface area (Å²) in [5.74, 6) is -0.760. The Bertz CT molecular complexity index is 366. The lowest BCUT2D eigenvalue weighted by Crippen LogP contribution is -2.42. The van der Waals surface area contributed by atoms with E-state index in [0.717, 1.165) is 6.26 Å². The fraction of sp³-hybridized carbons (Fsp3) is 0.778. The lowest BCUT2D eigenvalue weighted by Gasteiger charge is -2.11. The van der Waals surface area contributed by atoms with E-state index in [9.17, 15) is 18.0 Å². The Morgan fingerprint density at radius 1 is 1.35 bits per heavy atom. The summed E-state index contributed by atoms with van der Waals surface area (Å²) >= 11 is 0. The van der Waals surface area contributed by atoms with Gasteiger partial charge in [-0.05, 0) is 6.42 Å². The molecule has 17 heavy (non-hydrogen) atoms. The minimum absolute atomic E-state index is 0.0740. The van der Waals surface area contributed by atoms with E-state index < -0.39 is 21.8 Å². The second-order valence-corrected chi connectivity index (χ2v) is 6.00. The molecular weight excluding hydrogens is 246 g/mol. The number of amides is 2. The number of carbonyl (C=O) groups is 2. The third-order valence-corrected chi connectivity index (χ3v) is 3.04. The van der Waals surface area contributed by atoms with Gasteiger partial charge in [0.15, 0.2) is 0 Å². The van der Waals surface area contributed by atoms with Crippen molar-refractivity contribution < 1.29 is 18.0 Å². The summed E-state index contributed by atoms with van der Waals surface area (Å²) in [6, 6.07) is -0.866. The van der Waals surface area contributed by atoms with Crippen LogP contribution in [0.2, 0.25) is 0 Å². The van der Waals surface area contributed by atoms with Gasteiger partial charge in [0.1, 0.15) is 9.84 Å². The number of nitrogens with two attached hydrogens (primary N) is 1. The minimum Gasteiger partial charge on any atom is -0.359 e. The van der Waals surface area contributed by atoms with Gasteiger partial charge >= 0.3 is 0 Å². The predicted molar refractivity (Wildman–Crippen MR) is 64.0 cm³/mol. The zero-order valence-electron chi connectivity index (χ0n) is 10.0. The molecule has 0 aliphatic heterocycles. The number of nitrogens with one attached hydrogen (secondary N) is 2. The van der Waals surface area contributed by atoms with Gasteiger partial charge in [0, 0.05) is 26.3 Å². The molecule has 0 radical (unpaired) electrons. The van der Waals surface area contributed by atoms with Crippen molar-refractivity contribution in [1.82, 2.24) is 10.6 Å². The molecule has 0 rings (SSSR count). The van der Waals surface area contributed by atoms with Gasteiger partial charge < -0.3 is 16.4 Å². The van der Waals surface area contributed by atoms with Crippen molar-refractivity contribution in [3.63, 3.8) is 0 Å². The first-order valence-electron chi connectivity index (χ1n) is 5.18. The molecule has 0 aliphatic rings. The first kappa shape index (κ1) is 15.9. The summed E-state index contributed by atoms with van der Waals surface area (Å²) in [6.07, 6.45) is 1.33. The van der Waals surface area contributed by atoms with Crippen molar-refractivity contribution in [1.29, 1.82) is 0 Å². The Morgan fingerprint density at radius 2 is 1.94 bits per heavy atom. The molecule has 0 aromatic rings. The number of carbonyl (C=O) groups excluding carboxylic acids is 2. The van der Waals surface area contributed by atoms with E-state index in [0.29, 0.717) is 0 Å². The number of hydrogen-bond acceptors (Lipinski definition) is 5.